The van der Waals surface area contributed by atoms with Crippen molar-refractivity contribution < 1.29 is 0 Å². The quantitative estimate of drug-likeness (QED) is 0.159. The van der Waals surface area contributed by atoms with Crippen molar-refractivity contribution in [2.45, 2.75) is 65.2 Å². The van der Waals surface area contributed by atoms with Crippen molar-refractivity contribution in [3.05, 3.63) is 71.4 Å². The highest BCUT2D eigenvalue weighted by molar-refractivity contribution is 7.13. The maximum Gasteiger partial charge on any atom is 0.0815 e. The number of anilines is 1. The van der Waals surface area contributed by atoms with Gasteiger partial charge in [0.15, 0.2) is 0 Å². The molecule has 4 aromatic rings. The van der Waals surface area contributed by atoms with Crippen LogP contribution in [0, 0.1) is 0 Å². The van der Waals surface area contributed by atoms with E-state index in [0.29, 0.717) is 0 Å². The van der Waals surface area contributed by atoms with Crippen LogP contribution in [0.5, 0.6) is 0 Å². The highest BCUT2D eigenvalue weighted by Crippen LogP contribution is 2.34. The van der Waals surface area contributed by atoms with E-state index in [0.717, 1.165) is 24.5 Å². The predicted molar refractivity (Wildman–Crippen MR) is 157 cm³/mol. The van der Waals surface area contributed by atoms with Crippen molar-refractivity contribution in [1.82, 2.24) is 4.98 Å². The summed E-state index contributed by atoms with van der Waals surface area (Å²) in [6.07, 6.45) is 10.5. The zero-order chi connectivity index (χ0) is 24.3. The van der Waals surface area contributed by atoms with Gasteiger partial charge in [-0.25, -0.2) is 4.98 Å². The summed E-state index contributed by atoms with van der Waals surface area (Å²) in [4.78, 5) is 10.0. The molecule has 0 saturated heterocycles. The molecule has 0 aliphatic heterocycles. The molecule has 4 rings (SSSR count). The molecule has 3 aromatic heterocycles. The molecule has 0 aliphatic carbocycles. The first-order valence-electron chi connectivity index (χ1n) is 13.2. The Morgan fingerprint density at radius 2 is 1.17 bits per heavy atom. The third-order valence-electron chi connectivity index (χ3n) is 6.50. The number of thiophene rings is 2. The summed E-state index contributed by atoms with van der Waals surface area (Å²) in [6, 6.07) is 22.2. The number of hydrogen-bond acceptors (Lipinski definition) is 4. The summed E-state index contributed by atoms with van der Waals surface area (Å²) < 4.78 is 0. The van der Waals surface area contributed by atoms with Crippen molar-refractivity contribution in [3.8, 4) is 32.3 Å². The molecule has 0 atom stereocenters. The molecule has 0 amide bonds. The van der Waals surface area contributed by atoms with Gasteiger partial charge in [-0.15, -0.1) is 22.7 Å². The first-order valence-corrected chi connectivity index (χ1v) is 15.0. The Morgan fingerprint density at radius 1 is 0.629 bits per heavy atom. The van der Waals surface area contributed by atoms with Gasteiger partial charge in [-0.3, -0.25) is 0 Å². The minimum atomic E-state index is 1.05. The number of rotatable bonds is 14. The lowest BCUT2D eigenvalue weighted by Gasteiger charge is -2.25. The summed E-state index contributed by atoms with van der Waals surface area (Å²) in [5.41, 5.74) is 5.95. The van der Waals surface area contributed by atoms with Crippen LogP contribution in [0.25, 0.3) is 32.3 Å². The van der Waals surface area contributed by atoms with E-state index in [1.54, 1.807) is 22.7 Å². The van der Waals surface area contributed by atoms with Crippen LogP contribution in [0.3, 0.4) is 0 Å². The number of nitrogens with zero attached hydrogens (tertiary/aromatic N) is 2. The third kappa shape index (κ3) is 7.28. The molecule has 0 radical (unpaired) electrons. The Hall–Kier alpha value is -2.43. The van der Waals surface area contributed by atoms with Crippen LogP contribution in [0.4, 0.5) is 5.69 Å². The Labute approximate surface area is 219 Å². The van der Waals surface area contributed by atoms with E-state index in [2.05, 4.69) is 90.2 Å². The number of unbranched alkanes of at least 4 members (excludes halogenated alkanes) is 6. The van der Waals surface area contributed by atoms with Crippen molar-refractivity contribution in [2.75, 3.05) is 18.0 Å². The molecule has 35 heavy (non-hydrogen) atoms. The molecule has 0 bridgehead atoms. The van der Waals surface area contributed by atoms with Crippen LogP contribution < -0.4 is 4.90 Å². The van der Waals surface area contributed by atoms with Crippen LogP contribution >= 0.6 is 22.7 Å². The SMILES string of the molecule is CCCCCCN(CCCCCC)c1ccc(-c2cc(-c3cccs3)nc(-c3cccs3)c2)cc1. The molecule has 0 spiro atoms. The van der Waals surface area contributed by atoms with Crippen LogP contribution in [0.15, 0.2) is 71.4 Å². The molecule has 0 unspecified atom stereocenters. The van der Waals surface area contributed by atoms with Crippen LogP contribution in [0.1, 0.15) is 65.2 Å². The van der Waals surface area contributed by atoms with Gasteiger partial charge in [-0.2, -0.15) is 0 Å². The zero-order valence-electron chi connectivity index (χ0n) is 21.2. The lowest BCUT2D eigenvalue weighted by Crippen LogP contribution is -2.25. The molecule has 184 valence electrons. The highest BCUT2D eigenvalue weighted by atomic mass is 32.1. The second-order valence-electron chi connectivity index (χ2n) is 9.24. The third-order valence-corrected chi connectivity index (χ3v) is 8.29. The molecule has 0 fully saturated rings. The molecular formula is C31H38N2S2. The largest absolute Gasteiger partial charge is 0.372 e. The molecule has 2 nitrogen and oxygen atoms in total. The maximum absolute atomic E-state index is 5.00. The molecule has 0 saturated carbocycles. The van der Waals surface area contributed by atoms with E-state index in [1.807, 2.05) is 0 Å². The molecular weight excluding hydrogens is 464 g/mol. The lowest BCUT2D eigenvalue weighted by atomic mass is 10.0. The smallest absolute Gasteiger partial charge is 0.0815 e. The summed E-state index contributed by atoms with van der Waals surface area (Å²) in [7, 11) is 0. The minimum absolute atomic E-state index is 1.05. The standard InChI is InChI=1S/C31H38N2S2/c1-3-5-7-9-19-33(20-10-8-6-4-2)27-17-15-25(16-18-27)26-23-28(30-13-11-21-34-30)32-29(24-26)31-14-12-22-35-31/h11-18,21-24H,3-10,19-20H2,1-2H3. The summed E-state index contributed by atoms with van der Waals surface area (Å²) in [5.74, 6) is 0. The van der Waals surface area contributed by atoms with Crippen molar-refractivity contribution in [1.29, 1.82) is 0 Å². The molecule has 0 aliphatic rings. The van der Waals surface area contributed by atoms with Gasteiger partial charge in [0.2, 0.25) is 0 Å². The predicted octanol–water partition coefficient (Wildman–Crippen LogP) is 10.2. The second kappa shape index (κ2) is 13.6. The summed E-state index contributed by atoms with van der Waals surface area (Å²) in [5, 5.41) is 4.25. The Kier molecular flexibility index (Phi) is 9.97. The molecule has 3 heterocycles. The molecule has 0 N–H and O–H groups in total. The Balaban J connectivity index is 1.57. The first kappa shape index (κ1) is 25.7. The fraction of sp³-hybridized carbons (Fsp3) is 0.387. The molecule has 4 heteroatoms. The fourth-order valence-electron chi connectivity index (χ4n) is 4.49. The van der Waals surface area contributed by atoms with Gasteiger partial charge in [0.25, 0.3) is 0 Å². The number of pyridine rings is 1. The topological polar surface area (TPSA) is 16.1 Å². The van der Waals surface area contributed by atoms with E-state index in [9.17, 15) is 0 Å². The van der Waals surface area contributed by atoms with Crippen molar-refractivity contribution in [3.63, 3.8) is 0 Å². The van der Waals surface area contributed by atoms with Gasteiger partial charge in [-0.1, -0.05) is 76.6 Å². The van der Waals surface area contributed by atoms with E-state index in [1.165, 1.54) is 77.9 Å². The van der Waals surface area contributed by atoms with Gasteiger partial charge in [0.1, 0.15) is 0 Å². The maximum atomic E-state index is 5.00. The fourth-order valence-corrected chi connectivity index (χ4v) is 5.86. The van der Waals surface area contributed by atoms with E-state index >= 15 is 0 Å². The number of benzene rings is 1. The Bertz CT molecular complexity index is 1050. The monoisotopic (exact) mass is 502 g/mol. The lowest BCUT2D eigenvalue weighted by molar-refractivity contribution is 0.609. The van der Waals surface area contributed by atoms with Crippen LogP contribution in [-0.2, 0) is 0 Å². The number of aromatic nitrogens is 1. The second-order valence-corrected chi connectivity index (χ2v) is 11.1. The van der Waals surface area contributed by atoms with Gasteiger partial charge in [0.05, 0.1) is 21.1 Å². The van der Waals surface area contributed by atoms with E-state index in [4.69, 9.17) is 4.98 Å². The highest BCUT2D eigenvalue weighted by Gasteiger charge is 2.12. The summed E-state index contributed by atoms with van der Waals surface area (Å²) in [6.45, 7) is 6.89. The average molecular weight is 503 g/mol. The van der Waals surface area contributed by atoms with E-state index < -0.39 is 0 Å². The summed E-state index contributed by atoms with van der Waals surface area (Å²) >= 11 is 3.50. The zero-order valence-corrected chi connectivity index (χ0v) is 22.8. The minimum Gasteiger partial charge on any atom is -0.372 e. The first-order chi connectivity index (χ1) is 17.3. The van der Waals surface area contributed by atoms with Crippen LogP contribution in [0.2, 0.25) is 0 Å². The van der Waals surface area contributed by atoms with Gasteiger partial charge in [-0.05, 0) is 71.1 Å². The molecule has 1 aromatic carbocycles. The Morgan fingerprint density at radius 3 is 1.63 bits per heavy atom. The van der Waals surface area contributed by atoms with Crippen LogP contribution in [-0.4, -0.2) is 18.1 Å². The normalized spacial score (nSPS) is 11.1. The van der Waals surface area contributed by atoms with Gasteiger partial charge in [0, 0.05) is 18.8 Å². The van der Waals surface area contributed by atoms with Gasteiger partial charge >= 0.3 is 0 Å². The van der Waals surface area contributed by atoms with Crippen molar-refractivity contribution in [2.24, 2.45) is 0 Å². The average Bonchev–Trinajstić information content (AvgIpc) is 3.63. The van der Waals surface area contributed by atoms with E-state index in [-0.39, 0.29) is 0 Å². The van der Waals surface area contributed by atoms with Crippen molar-refractivity contribution >= 4 is 28.4 Å². The van der Waals surface area contributed by atoms with Gasteiger partial charge < -0.3 is 4.90 Å². The number of hydrogen-bond donors (Lipinski definition) is 0.